The minimum atomic E-state index is -0.641. The van der Waals surface area contributed by atoms with Crippen LogP contribution in [-0.4, -0.2) is 55.1 Å². The number of rotatable bonds is 8. The van der Waals surface area contributed by atoms with Crippen LogP contribution in [-0.2, 0) is 23.8 Å². The molecule has 0 aromatic rings. The van der Waals surface area contributed by atoms with Gasteiger partial charge in [-0.05, 0) is 84.4 Å². The Morgan fingerprint density at radius 3 is 2.30 bits per heavy atom. The number of fused-ring (bicyclic) bond motifs is 3. The van der Waals surface area contributed by atoms with Crippen molar-refractivity contribution in [2.24, 2.45) is 68.3 Å². The molecule has 1 heterocycles. The van der Waals surface area contributed by atoms with Crippen LogP contribution in [0.25, 0.3) is 0 Å². The van der Waals surface area contributed by atoms with Crippen molar-refractivity contribution in [2.45, 2.75) is 126 Å². The van der Waals surface area contributed by atoms with Crippen LogP contribution in [0.3, 0.4) is 0 Å². The Kier molecular flexibility index (Phi) is 8.76. The lowest BCUT2D eigenvalue weighted by atomic mass is 9.34. The van der Waals surface area contributed by atoms with Gasteiger partial charge in [0.1, 0.15) is 12.2 Å². The SMILES string of the molecule is CC(=O)O[C@@H]1C[C@@]23COC[C@](C)([C@@H]2CC[C@H]2C3=CC[C@@]3(C)[C@H](C(=O)O)[C@@](C)([C@H](C)C(C)C)CC[C@]23C)[C@H]1OCC(N)C(C)C. The van der Waals surface area contributed by atoms with Crippen LogP contribution in [0.4, 0.5) is 0 Å². The quantitative estimate of drug-likeness (QED) is 0.226. The lowest BCUT2D eigenvalue weighted by molar-refractivity contribution is -0.267. The molecule has 4 aliphatic carbocycles. The van der Waals surface area contributed by atoms with Gasteiger partial charge in [-0.2, -0.15) is 0 Å². The van der Waals surface area contributed by atoms with E-state index in [2.05, 4.69) is 68.4 Å². The van der Waals surface area contributed by atoms with Crippen molar-refractivity contribution >= 4 is 11.9 Å². The Balaban J connectivity index is 1.57. The fourth-order valence-corrected chi connectivity index (χ4v) is 11.6. The van der Waals surface area contributed by atoms with Crippen molar-refractivity contribution in [1.29, 1.82) is 0 Å². The topological polar surface area (TPSA) is 108 Å². The number of allylic oxidation sites excluding steroid dienone is 1. The van der Waals surface area contributed by atoms with E-state index < -0.39 is 11.9 Å². The lowest BCUT2D eigenvalue weighted by Gasteiger charge is -2.71. The van der Waals surface area contributed by atoms with E-state index >= 15 is 0 Å². The van der Waals surface area contributed by atoms with E-state index in [4.69, 9.17) is 19.9 Å². The molecule has 44 heavy (non-hydrogen) atoms. The van der Waals surface area contributed by atoms with Crippen LogP contribution < -0.4 is 5.73 Å². The Morgan fingerprint density at radius 1 is 1.02 bits per heavy atom. The molecule has 250 valence electrons. The third-order valence-electron chi connectivity index (χ3n) is 14.7. The Hall–Kier alpha value is -1.44. The van der Waals surface area contributed by atoms with Crippen molar-refractivity contribution < 1.29 is 28.9 Å². The van der Waals surface area contributed by atoms with E-state index in [0.717, 1.165) is 32.1 Å². The molecule has 1 saturated heterocycles. The minimum absolute atomic E-state index is 0.0974. The molecule has 4 fully saturated rings. The summed E-state index contributed by atoms with van der Waals surface area (Å²) in [5.41, 5.74) is 6.49. The summed E-state index contributed by atoms with van der Waals surface area (Å²) in [4.78, 5) is 25.8. The fourth-order valence-electron chi connectivity index (χ4n) is 11.6. The van der Waals surface area contributed by atoms with Gasteiger partial charge in [-0.25, -0.2) is 0 Å². The largest absolute Gasteiger partial charge is 0.481 e. The number of hydrogen-bond donors (Lipinski definition) is 2. The van der Waals surface area contributed by atoms with Crippen LogP contribution in [0, 0.1) is 62.6 Å². The van der Waals surface area contributed by atoms with Crippen molar-refractivity contribution in [3.8, 4) is 0 Å². The Morgan fingerprint density at radius 2 is 1.70 bits per heavy atom. The van der Waals surface area contributed by atoms with Crippen LogP contribution in [0.2, 0.25) is 0 Å². The van der Waals surface area contributed by atoms with Gasteiger partial charge in [-0.3, -0.25) is 9.59 Å². The molecule has 3 N–H and O–H groups in total. The first-order valence-corrected chi connectivity index (χ1v) is 17.4. The third kappa shape index (κ3) is 4.75. The van der Waals surface area contributed by atoms with Crippen molar-refractivity contribution in [3.63, 3.8) is 0 Å². The number of carboxylic acid groups (broad SMARTS) is 1. The highest BCUT2D eigenvalue weighted by Gasteiger charge is 2.72. The van der Waals surface area contributed by atoms with Gasteiger partial charge in [0.15, 0.2) is 0 Å². The van der Waals surface area contributed by atoms with Gasteiger partial charge in [-0.1, -0.05) is 74.0 Å². The highest BCUT2D eigenvalue weighted by atomic mass is 16.6. The van der Waals surface area contributed by atoms with Gasteiger partial charge >= 0.3 is 11.9 Å². The summed E-state index contributed by atoms with van der Waals surface area (Å²) < 4.78 is 19.3. The molecule has 1 aliphatic heterocycles. The molecule has 7 heteroatoms. The van der Waals surface area contributed by atoms with Crippen molar-refractivity contribution in [1.82, 2.24) is 0 Å². The molecule has 1 unspecified atom stereocenters. The Labute approximate surface area is 266 Å². The smallest absolute Gasteiger partial charge is 0.307 e. The molecule has 0 radical (unpaired) electrons. The summed E-state index contributed by atoms with van der Waals surface area (Å²) in [6.07, 6.45) is 7.21. The average molecular weight is 616 g/mol. The Bertz CT molecular complexity index is 1170. The number of hydrogen-bond acceptors (Lipinski definition) is 6. The molecule has 2 bridgehead atoms. The summed E-state index contributed by atoms with van der Waals surface area (Å²) in [6.45, 7) is 23.3. The second-order valence-electron chi connectivity index (χ2n) is 17.4. The summed E-state index contributed by atoms with van der Waals surface area (Å²) >= 11 is 0. The molecule has 5 rings (SSSR count). The van der Waals surface area contributed by atoms with Crippen LogP contribution >= 0.6 is 0 Å². The van der Waals surface area contributed by atoms with E-state index in [1.807, 2.05) is 0 Å². The number of carbonyl (C=O) groups excluding carboxylic acids is 1. The van der Waals surface area contributed by atoms with E-state index in [-0.39, 0.29) is 63.1 Å². The molecule has 3 saturated carbocycles. The highest BCUT2D eigenvalue weighted by Crippen LogP contribution is 2.75. The predicted octanol–water partition coefficient (Wildman–Crippen LogP) is 6.88. The molecule has 12 atom stereocenters. The van der Waals surface area contributed by atoms with Gasteiger partial charge in [-0.15, -0.1) is 0 Å². The number of carboxylic acids is 1. The standard InChI is InChI=1S/C37H61NO6/c1-21(2)23(5)33(7)15-16-35(9)25-11-12-29-34(8)19-42-20-37(29,26(25)13-14-36(35,10)30(33)32(40)41)17-28(44-24(6)39)31(34)43-18-27(38)22(3)4/h13,21-23,25,27-31H,11-12,14-20,38H2,1-10H3,(H,40,41)/t23-,25+,27?,28-,29+,30-,31+,33-,34-,35-,36+,37+/m1/s1. The van der Waals surface area contributed by atoms with Crippen molar-refractivity contribution in [2.75, 3.05) is 19.8 Å². The normalized spacial score (nSPS) is 46.3. The maximum Gasteiger partial charge on any atom is 0.307 e. The monoisotopic (exact) mass is 615 g/mol. The first kappa shape index (κ1) is 33.9. The van der Waals surface area contributed by atoms with Gasteiger partial charge in [0.2, 0.25) is 0 Å². The number of ether oxygens (including phenoxy) is 3. The van der Waals surface area contributed by atoms with Crippen LogP contribution in [0.15, 0.2) is 11.6 Å². The minimum Gasteiger partial charge on any atom is -0.481 e. The highest BCUT2D eigenvalue weighted by molar-refractivity contribution is 5.73. The lowest BCUT2D eigenvalue weighted by Crippen LogP contribution is -2.70. The zero-order valence-electron chi connectivity index (χ0n) is 29.2. The van der Waals surface area contributed by atoms with Crippen LogP contribution in [0.1, 0.15) is 108 Å². The van der Waals surface area contributed by atoms with E-state index in [0.29, 0.717) is 44.0 Å². The number of nitrogens with two attached hydrogens (primary N) is 1. The zero-order valence-corrected chi connectivity index (χ0v) is 29.2. The fraction of sp³-hybridized carbons (Fsp3) is 0.892. The van der Waals surface area contributed by atoms with E-state index in [1.165, 1.54) is 12.5 Å². The summed E-state index contributed by atoms with van der Waals surface area (Å²) in [5.74, 6) is 0.267. The summed E-state index contributed by atoms with van der Waals surface area (Å²) in [6, 6.07) is -0.0974. The zero-order chi connectivity index (χ0) is 32.6. The number of esters is 1. The molecular weight excluding hydrogens is 554 g/mol. The maximum absolute atomic E-state index is 13.3. The molecule has 0 aromatic heterocycles. The first-order chi connectivity index (χ1) is 20.4. The van der Waals surface area contributed by atoms with E-state index in [1.54, 1.807) is 0 Å². The van der Waals surface area contributed by atoms with Crippen molar-refractivity contribution in [3.05, 3.63) is 11.6 Å². The number of carbonyl (C=O) groups is 2. The third-order valence-corrected chi connectivity index (χ3v) is 14.7. The first-order valence-electron chi connectivity index (χ1n) is 17.4. The molecule has 0 aromatic carbocycles. The van der Waals surface area contributed by atoms with Gasteiger partial charge in [0.05, 0.1) is 25.7 Å². The second-order valence-corrected chi connectivity index (χ2v) is 17.4. The van der Waals surface area contributed by atoms with Gasteiger partial charge in [0.25, 0.3) is 0 Å². The number of aliphatic carboxylic acids is 1. The van der Waals surface area contributed by atoms with E-state index in [9.17, 15) is 14.7 Å². The molecule has 0 amide bonds. The van der Waals surface area contributed by atoms with Gasteiger partial charge < -0.3 is 25.1 Å². The molecular formula is C37H61NO6. The average Bonchev–Trinajstić information content (AvgIpc) is 2.92. The maximum atomic E-state index is 13.3. The van der Waals surface area contributed by atoms with Gasteiger partial charge in [0, 0.05) is 23.8 Å². The summed E-state index contributed by atoms with van der Waals surface area (Å²) in [5, 5.41) is 10.9. The predicted molar refractivity (Wildman–Crippen MR) is 172 cm³/mol. The molecule has 5 aliphatic rings. The second kappa shape index (κ2) is 11.4. The molecule has 7 nitrogen and oxygen atoms in total. The molecule has 0 spiro atoms. The summed E-state index contributed by atoms with van der Waals surface area (Å²) in [7, 11) is 0. The van der Waals surface area contributed by atoms with Crippen LogP contribution in [0.5, 0.6) is 0 Å².